The van der Waals surface area contributed by atoms with Crippen LogP contribution >= 0.6 is 0 Å². The Hall–Kier alpha value is -1.51. The highest BCUT2D eigenvalue weighted by Gasteiger charge is 2.19. The Morgan fingerprint density at radius 1 is 1.48 bits per heavy atom. The van der Waals surface area contributed by atoms with Crippen LogP contribution in [-0.4, -0.2) is 34.1 Å². The molecule has 1 atom stereocenters. The van der Waals surface area contributed by atoms with Crippen molar-refractivity contribution in [2.45, 2.75) is 30.7 Å². The number of ether oxygens (including phenoxy) is 1. The van der Waals surface area contributed by atoms with E-state index in [0.29, 0.717) is 6.42 Å². The smallest absolute Gasteiger partial charge is 0.254 e. The van der Waals surface area contributed by atoms with Crippen molar-refractivity contribution in [2.24, 2.45) is 5.14 Å². The van der Waals surface area contributed by atoms with Crippen molar-refractivity contribution >= 4 is 15.9 Å². The number of hydrogen-bond donors (Lipinski definition) is 2. The fraction of sp³-hybridized carbons (Fsp3) is 0.462. The van der Waals surface area contributed by atoms with Crippen LogP contribution in [0.1, 0.15) is 30.1 Å². The molecule has 0 aromatic heterocycles. The molecule has 0 heterocycles. The zero-order valence-corrected chi connectivity index (χ0v) is 12.7. The second kappa shape index (κ2) is 7.48. The number of carbonyl (C=O) groups is 1. The fourth-order valence-electron chi connectivity index (χ4n) is 1.87. The molecule has 118 valence electrons. The number of carbonyl (C=O) groups excluding carboxylic acids is 1. The van der Waals surface area contributed by atoms with E-state index in [1.54, 1.807) is 0 Å². The highest BCUT2D eigenvalue weighted by molar-refractivity contribution is 7.89. The van der Waals surface area contributed by atoms with Crippen LogP contribution in [0.2, 0.25) is 0 Å². The first kappa shape index (κ1) is 17.5. The number of methoxy groups -OCH3 is 1. The summed E-state index contributed by atoms with van der Waals surface area (Å²) in [5.41, 5.74) is -0.362. The molecule has 1 unspecified atom stereocenters. The van der Waals surface area contributed by atoms with Crippen molar-refractivity contribution in [2.75, 3.05) is 13.7 Å². The number of primary sulfonamides is 1. The maximum absolute atomic E-state index is 13.7. The Morgan fingerprint density at radius 3 is 2.67 bits per heavy atom. The molecule has 3 N–H and O–H groups in total. The quantitative estimate of drug-likeness (QED) is 0.784. The molecule has 0 aliphatic carbocycles. The number of benzene rings is 1. The fourth-order valence-corrected chi connectivity index (χ4v) is 2.41. The SMILES string of the molecule is CCCC(COC)NC(=O)c1cc(S(N)(=O)=O)ccc1F. The monoisotopic (exact) mass is 318 g/mol. The van der Waals surface area contributed by atoms with E-state index < -0.39 is 21.7 Å². The van der Waals surface area contributed by atoms with Crippen molar-refractivity contribution in [1.82, 2.24) is 5.32 Å². The van der Waals surface area contributed by atoms with Gasteiger partial charge in [0.25, 0.3) is 5.91 Å². The minimum Gasteiger partial charge on any atom is -0.383 e. The lowest BCUT2D eigenvalue weighted by molar-refractivity contribution is 0.0887. The van der Waals surface area contributed by atoms with E-state index in [0.717, 1.165) is 24.6 Å². The van der Waals surface area contributed by atoms with Crippen LogP contribution in [-0.2, 0) is 14.8 Å². The van der Waals surface area contributed by atoms with E-state index in [1.807, 2.05) is 6.92 Å². The van der Waals surface area contributed by atoms with Crippen molar-refractivity contribution in [1.29, 1.82) is 0 Å². The lowest BCUT2D eigenvalue weighted by atomic mass is 10.1. The first-order chi connectivity index (χ1) is 9.79. The minimum atomic E-state index is -4.00. The summed E-state index contributed by atoms with van der Waals surface area (Å²) < 4.78 is 41.2. The van der Waals surface area contributed by atoms with E-state index in [4.69, 9.17) is 9.88 Å². The van der Waals surface area contributed by atoms with Gasteiger partial charge in [0.1, 0.15) is 5.82 Å². The lowest BCUT2D eigenvalue weighted by Crippen LogP contribution is -2.38. The molecule has 0 radical (unpaired) electrons. The van der Waals surface area contributed by atoms with E-state index in [2.05, 4.69) is 5.32 Å². The van der Waals surface area contributed by atoms with Gasteiger partial charge in [-0.25, -0.2) is 17.9 Å². The average molecular weight is 318 g/mol. The van der Waals surface area contributed by atoms with E-state index >= 15 is 0 Å². The van der Waals surface area contributed by atoms with Crippen LogP contribution in [0.3, 0.4) is 0 Å². The Bertz CT molecular complexity index is 598. The molecule has 0 aliphatic rings. The number of sulfonamides is 1. The molecule has 1 rings (SSSR count). The van der Waals surface area contributed by atoms with Crippen LogP contribution in [0.5, 0.6) is 0 Å². The molecule has 8 heteroatoms. The van der Waals surface area contributed by atoms with Crippen LogP contribution in [0, 0.1) is 5.82 Å². The molecule has 0 saturated carbocycles. The topological polar surface area (TPSA) is 98.5 Å². The zero-order chi connectivity index (χ0) is 16.0. The molecule has 0 fully saturated rings. The highest BCUT2D eigenvalue weighted by Crippen LogP contribution is 2.14. The first-order valence-electron chi connectivity index (χ1n) is 6.41. The van der Waals surface area contributed by atoms with Gasteiger partial charge >= 0.3 is 0 Å². The number of nitrogens with one attached hydrogen (secondary N) is 1. The number of amides is 1. The van der Waals surface area contributed by atoms with Crippen molar-refractivity contribution < 1.29 is 22.3 Å². The number of rotatable bonds is 7. The molecule has 1 aromatic rings. The molecular formula is C13H19FN2O4S. The van der Waals surface area contributed by atoms with Gasteiger partial charge in [0.2, 0.25) is 10.0 Å². The Morgan fingerprint density at radius 2 is 2.14 bits per heavy atom. The standard InChI is InChI=1S/C13H19FN2O4S/c1-3-4-9(8-20-2)16-13(17)11-7-10(21(15,18)19)5-6-12(11)14/h5-7,9H,3-4,8H2,1-2H3,(H,16,17)(H2,15,18,19). The summed E-state index contributed by atoms with van der Waals surface area (Å²) in [6, 6.07) is 2.57. The van der Waals surface area contributed by atoms with E-state index in [1.165, 1.54) is 7.11 Å². The van der Waals surface area contributed by atoms with Crippen molar-refractivity contribution in [3.05, 3.63) is 29.6 Å². The van der Waals surface area contributed by atoms with Gasteiger partial charge in [-0.2, -0.15) is 0 Å². The third kappa shape index (κ3) is 5.07. The van der Waals surface area contributed by atoms with Gasteiger partial charge in [-0.3, -0.25) is 4.79 Å². The van der Waals surface area contributed by atoms with Crippen LogP contribution in [0.25, 0.3) is 0 Å². The Labute approximate surface area is 123 Å². The van der Waals surface area contributed by atoms with Crippen LogP contribution in [0.15, 0.2) is 23.1 Å². The molecule has 0 aliphatic heterocycles. The third-order valence-electron chi connectivity index (χ3n) is 2.85. The largest absolute Gasteiger partial charge is 0.383 e. The summed E-state index contributed by atoms with van der Waals surface area (Å²) in [5, 5.41) is 7.59. The Kier molecular flexibility index (Phi) is 6.25. The molecule has 0 saturated heterocycles. The predicted molar refractivity (Wildman–Crippen MR) is 75.8 cm³/mol. The van der Waals surface area contributed by atoms with Crippen molar-refractivity contribution in [3.63, 3.8) is 0 Å². The van der Waals surface area contributed by atoms with E-state index in [-0.39, 0.29) is 23.1 Å². The summed E-state index contributed by atoms with van der Waals surface area (Å²) in [4.78, 5) is 11.8. The molecular weight excluding hydrogens is 299 g/mol. The zero-order valence-electron chi connectivity index (χ0n) is 11.9. The molecule has 1 aromatic carbocycles. The Balaban J connectivity index is 3.01. The van der Waals surface area contributed by atoms with Gasteiger partial charge in [-0.05, 0) is 24.6 Å². The van der Waals surface area contributed by atoms with Gasteiger partial charge in [-0.15, -0.1) is 0 Å². The van der Waals surface area contributed by atoms with Crippen LogP contribution in [0.4, 0.5) is 4.39 Å². The second-order valence-electron chi connectivity index (χ2n) is 4.60. The summed E-state index contributed by atoms with van der Waals surface area (Å²) in [6.45, 7) is 2.23. The molecule has 0 bridgehead atoms. The van der Waals surface area contributed by atoms with Gasteiger partial charge in [0.05, 0.1) is 23.1 Å². The number of nitrogens with two attached hydrogens (primary N) is 1. The molecule has 6 nitrogen and oxygen atoms in total. The van der Waals surface area contributed by atoms with Crippen molar-refractivity contribution in [3.8, 4) is 0 Å². The second-order valence-corrected chi connectivity index (χ2v) is 6.16. The average Bonchev–Trinajstić information content (AvgIpc) is 2.38. The lowest BCUT2D eigenvalue weighted by Gasteiger charge is -2.17. The van der Waals surface area contributed by atoms with Gasteiger partial charge in [0, 0.05) is 7.11 Å². The summed E-state index contributed by atoms with van der Waals surface area (Å²) in [5.74, 6) is -1.51. The summed E-state index contributed by atoms with van der Waals surface area (Å²) in [7, 11) is -2.50. The maximum Gasteiger partial charge on any atom is 0.254 e. The number of hydrogen-bond acceptors (Lipinski definition) is 4. The van der Waals surface area contributed by atoms with Crippen LogP contribution < -0.4 is 10.5 Å². The summed E-state index contributed by atoms with van der Waals surface area (Å²) >= 11 is 0. The minimum absolute atomic E-state index is 0.273. The van der Waals surface area contributed by atoms with Gasteiger partial charge in [-0.1, -0.05) is 13.3 Å². The van der Waals surface area contributed by atoms with Gasteiger partial charge in [0.15, 0.2) is 0 Å². The predicted octanol–water partition coefficient (Wildman–Crippen LogP) is 1.02. The molecule has 0 spiro atoms. The normalized spacial score (nSPS) is 13.0. The molecule has 21 heavy (non-hydrogen) atoms. The molecule has 1 amide bonds. The highest BCUT2D eigenvalue weighted by atomic mass is 32.2. The number of halogens is 1. The third-order valence-corrected chi connectivity index (χ3v) is 3.76. The first-order valence-corrected chi connectivity index (χ1v) is 7.96. The maximum atomic E-state index is 13.7. The van der Waals surface area contributed by atoms with Gasteiger partial charge < -0.3 is 10.1 Å². The van der Waals surface area contributed by atoms with E-state index in [9.17, 15) is 17.6 Å². The summed E-state index contributed by atoms with van der Waals surface area (Å²) in [6.07, 6.45) is 1.48.